The molecule has 0 saturated heterocycles. The number of halogens is 3. The summed E-state index contributed by atoms with van der Waals surface area (Å²) >= 11 is 0. The van der Waals surface area contributed by atoms with Crippen LogP contribution in [0.15, 0.2) is 54.9 Å². The zero-order chi connectivity index (χ0) is 26.4. The highest BCUT2D eigenvalue weighted by atomic mass is 35.5. The number of likely N-dealkylation sites (N-methyl/N-ethyl adjacent to an activating group) is 2. The Labute approximate surface area is 255 Å². The van der Waals surface area contributed by atoms with Crippen molar-refractivity contribution in [2.45, 2.75) is 26.9 Å². The number of hydrazine groups is 1. The van der Waals surface area contributed by atoms with Crippen LogP contribution >= 0.6 is 37.2 Å². The molecule has 1 aliphatic rings. The van der Waals surface area contributed by atoms with Crippen molar-refractivity contribution >= 4 is 54.7 Å². The molecule has 220 valence electrons. The number of rotatable bonds is 11. The molecule has 0 atom stereocenters. The third-order valence-electron chi connectivity index (χ3n) is 6.72. The lowest BCUT2D eigenvalue weighted by atomic mass is 10.0. The van der Waals surface area contributed by atoms with Crippen LogP contribution in [-0.2, 0) is 29.7 Å². The number of carbonyl (C=O) groups excluding carboxylic acids is 2. The molecule has 40 heavy (non-hydrogen) atoms. The van der Waals surface area contributed by atoms with Crippen LogP contribution in [0.3, 0.4) is 0 Å². The van der Waals surface area contributed by atoms with Crippen molar-refractivity contribution in [1.82, 2.24) is 30.4 Å². The Kier molecular flexibility index (Phi) is 14.5. The predicted molar refractivity (Wildman–Crippen MR) is 167 cm³/mol. The van der Waals surface area contributed by atoms with Crippen molar-refractivity contribution in [3.8, 4) is 11.1 Å². The minimum Gasteiger partial charge on any atom is -0.353 e. The summed E-state index contributed by atoms with van der Waals surface area (Å²) in [5.74, 6) is -0.179. The largest absolute Gasteiger partial charge is 0.353 e. The number of hydrogen-bond acceptors (Lipinski definition) is 6. The summed E-state index contributed by atoms with van der Waals surface area (Å²) in [5, 5.41) is 14.2. The van der Waals surface area contributed by atoms with Gasteiger partial charge in [0.1, 0.15) is 0 Å². The molecule has 4 rings (SSSR count). The number of benzene rings is 2. The number of aromatic nitrogens is 2. The Morgan fingerprint density at radius 3 is 2.23 bits per heavy atom. The third-order valence-corrected chi connectivity index (χ3v) is 6.72. The number of nitrogens with zero attached hydrogens (tertiary/aromatic N) is 5. The fourth-order valence-electron chi connectivity index (χ4n) is 4.63. The summed E-state index contributed by atoms with van der Waals surface area (Å²) in [5.41, 5.74) is 6.39. The van der Waals surface area contributed by atoms with Crippen LogP contribution in [0.25, 0.3) is 11.1 Å². The quantitative estimate of drug-likeness (QED) is 0.322. The van der Waals surface area contributed by atoms with Crippen LogP contribution in [-0.4, -0.2) is 71.4 Å². The summed E-state index contributed by atoms with van der Waals surface area (Å²) in [6.07, 6.45) is 3.80. The standard InChI is InChI=1S/C28H37N7O2.3ClH/c1-5-29-12-13-30-27(36)19-34(26-11-10-22(14-21(26)2)25-15-31-32(3)16-25)20-28(37)33(4)35-17-23-8-6-7-9-24(23)18-35;;;/h6-11,14-16,29H,5,12-13,17-20H2,1-4H3,(H,30,36);3*1H. The highest BCUT2D eigenvalue weighted by molar-refractivity contribution is 5.87. The van der Waals surface area contributed by atoms with Crippen LogP contribution < -0.4 is 15.5 Å². The summed E-state index contributed by atoms with van der Waals surface area (Å²) in [4.78, 5) is 28.1. The molecule has 0 saturated carbocycles. The second-order valence-corrected chi connectivity index (χ2v) is 9.47. The van der Waals surface area contributed by atoms with Crippen molar-refractivity contribution < 1.29 is 9.59 Å². The molecule has 2 heterocycles. The molecule has 2 aromatic carbocycles. The monoisotopic (exact) mass is 611 g/mol. The van der Waals surface area contributed by atoms with E-state index in [-0.39, 0.29) is 62.1 Å². The van der Waals surface area contributed by atoms with Crippen LogP contribution in [0.4, 0.5) is 5.69 Å². The topological polar surface area (TPSA) is 85.7 Å². The Morgan fingerprint density at radius 2 is 1.65 bits per heavy atom. The molecule has 0 bridgehead atoms. The lowest BCUT2D eigenvalue weighted by Gasteiger charge is -2.32. The summed E-state index contributed by atoms with van der Waals surface area (Å²) in [6.45, 7) is 7.72. The van der Waals surface area contributed by atoms with Gasteiger partial charge in [0.25, 0.3) is 5.91 Å². The van der Waals surface area contributed by atoms with Gasteiger partial charge >= 0.3 is 0 Å². The Balaban J connectivity index is 0.00000267. The van der Waals surface area contributed by atoms with Gasteiger partial charge in [0.2, 0.25) is 5.91 Å². The SMILES string of the molecule is CCNCCNC(=O)CN(CC(=O)N(C)N1Cc2ccccc2C1)c1ccc(-c2cnn(C)c2)cc1C.Cl.Cl.Cl. The summed E-state index contributed by atoms with van der Waals surface area (Å²) in [7, 11) is 3.70. The van der Waals surface area contributed by atoms with E-state index in [0.29, 0.717) is 26.2 Å². The van der Waals surface area contributed by atoms with Gasteiger partial charge in [-0.05, 0) is 47.9 Å². The van der Waals surface area contributed by atoms with Crippen LogP contribution in [0.5, 0.6) is 0 Å². The summed E-state index contributed by atoms with van der Waals surface area (Å²) < 4.78 is 1.77. The lowest BCUT2D eigenvalue weighted by molar-refractivity contribution is -0.145. The average Bonchev–Trinajstić information content (AvgIpc) is 3.52. The van der Waals surface area contributed by atoms with Crippen molar-refractivity contribution in [2.24, 2.45) is 7.05 Å². The second kappa shape index (κ2) is 16.4. The molecule has 3 aromatic rings. The smallest absolute Gasteiger partial charge is 0.256 e. The maximum absolute atomic E-state index is 13.4. The molecule has 2 amide bonds. The molecule has 0 aliphatic carbocycles. The molecular formula is C28H40Cl3N7O2. The number of hydrogen-bond donors (Lipinski definition) is 2. The van der Waals surface area contributed by atoms with E-state index in [2.05, 4.69) is 33.9 Å². The van der Waals surface area contributed by atoms with E-state index < -0.39 is 0 Å². The molecule has 9 nitrogen and oxygen atoms in total. The first kappa shape index (κ1) is 35.2. The minimum atomic E-state index is -0.113. The number of carbonyl (C=O) groups is 2. The Morgan fingerprint density at radius 1 is 0.975 bits per heavy atom. The Bertz CT molecular complexity index is 1230. The van der Waals surface area contributed by atoms with Crippen LogP contribution in [0, 0.1) is 6.92 Å². The third kappa shape index (κ3) is 8.84. The second-order valence-electron chi connectivity index (χ2n) is 9.47. The van der Waals surface area contributed by atoms with Gasteiger partial charge in [-0.15, -0.1) is 37.2 Å². The fraction of sp³-hybridized carbons (Fsp3) is 0.393. The zero-order valence-electron chi connectivity index (χ0n) is 23.4. The highest BCUT2D eigenvalue weighted by Gasteiger charge is 2.27. The first-order chi connectivity index (χ1) is 17.9. The predicted octanol–water partition coefficient (Wildman–Crippen LogP) is 3.58. The molecule has 0 spiro atoms. The van der Waals surface area contributed by atoms with Crippen molar-refractivity contribution in [2.75, 3.05) is 44.7 Å². The molecule has 0 unspecified atom stereocenters. The van der Waals surface area contributed by atoms with Crippen molar-refractivity contribution in [3.05, 3.63) is 71.5 Å². The van der Waals surface area contributed by atoms with E-state index in [0.717, 1.165) is 28.9 Å². The molecule has 12 heteroatoms. The normalized spacial score (nSPS) is 11.9. The van der Waals surface area contributed by atoms with Crippen molar-refractivity contribution in [1.29, 1.82) is 0 Å². The van der Waals surface area contributed by atoms with E-state index >= 15 is 0 Å². The van der Waals surface area contributed by atoms with Crippen molar-refractivity contribution in [3.63, 3.8) is 0 Å². The average molecular weight is 613 g/mol. The maximum Gasteiger partial charge on any atom is 0.256 e. The van der Waals surface area contributed by atoms with Gasteiger partial charge in [-0.25, -0.2) is 5.01 Å². The molecule has 2 N–H and O–H groups in total. The van der Waals surface area contributed by atoms with Gasteiger partial charge in [-0.2, -0.15) is 5.10 Å². The van der Waals surface area contributed by atoms with Gasteiger partial charge in [0, 0.05) is 57.7 Å². The summed E-state index contributed by atoms with van der Waals surface area (Å²) in [6, 6.07) is 14.3. The van der Waals surface area contributed by atoms with E-state index in [4.69, 9.17) is 0 Å². The van der Waals surface area contributed by atoms with E-state index in [1.165, 1.54) is 11.1 Å². The molecular weight excluding hydrogens is 573 g/mol. The number of fused-ring (bicyclic) bond motifs is 1. The lowest BCUT2D eigenvalue weighted by Crippen LogP contribution is -2.48. The van der Waals surface area contributed by atoms with Gasteiger partial charge in [0.15, 0.2) is 0 Å². The number of amides is 2. The first-order valence-electron chi connectivity index (χ1n) is 12.8. The van der Waals surface area contributed by atoms with E-state index in [9.17, 15) is 9.59 Å². The highest BCUT2D eigenvalue weighted by Crippen LogP contribution is 2.28. The first-order valence-corrected chi connectivity index (χ1v) is 12.8. The number of aryl methyl sites for hydroxylation is 2. The van der Waals surface area contributed by atoms with Gasteiger partial charge in [-0.3, -0.25) is 19.3 Å². The van der Waals surface area contributed by atoms with Gasteiger partial charge in [-0.1, -0.05) is 37.3 Å². The molecule has 1 aromatic heterocycles. The molecule has 0 radical (unpaired) electrons. The number of nitrogens with one attached hydrogen (secondary N) is 2. The van der Waals surface area contributed by atoms with Crippen LogP contribution in [0.2, 0.25) is 0 Å². The van der Waals surface area contributed by atoms with Gasteiger partial charge < -0.3 is 15.5 Å². The maximum atomic E-state index is 13.4. The minimum absolute atomic E-state index is 0. The molecule has 0 fully saturated rings. The van der Waals surface area contributed by atoms with Gasteiger partial charge in [0.05, 0.1) is 19.3 Å². The van der Waals surface area contributed by atoms with E-state index in [1.54, 1.807) is 16.7 Å². The van der Waals surface area contributed by atoms with Crippen LogP contribution in [0.1, 0.15) is 23.6 Å². The Hall–Kier alpha value is -2.82. The molecule has 1 aliphatic heterocycles. The fourth-order valence-corrected chi connectivity index (χ4v) is 4.63. The number of anilines is 1. The zero-order valence-corrected chi connectivity index (χ0v) is 25.9. The van der Waals surface area contributed by atoms with E-state index in [1.807, 2.05) is 67.5 Å².